The molecule has 0 bridgehead atoms. The predicted molar refractivity (Wildman–Crippen MR) is 208 cm³/mol. The number of nitrogens with zero attached hydrogens (tertiary/aromatic N) is 6. The van der Waals surface area contributed by atoms with E-state index in [0.29, 0.717) is 28.1 Å². The maximum atomic E-state index is 15.4. The standard InChI is InChI=1S/C40H41FN10O9/c1-40(2,30(41)20-46-36(54)26-19-44-31(15-27(26)48-24-6-7-24)51-35-23(18-47-51)14-22(16-42)17-45-35)60-13-12-58-11-10-43-33(53)21-59-29-5-3-4-25-34(29)39(57)50(38(25)56)28-8-9-32(52)49-37(28)55/h3-5,14-15,17-19,24,28,30H,6-13,20-21H2,1-2H3,(H,43,53)(H,44,48)(H,46,54)(H,49,52,55). The summed E-state index contributed by atoms with van der Waals surface area (Å²) in [6, 6.07) is 8.80. The minimum Gasteiger partial charge on any atom is -0.483 e. The molecule has 1 saturated carbocycles. The van der Waals surface area contributed by atoms with Crippen molar-refractivity contribution < 1.29 is 47.4 Å². The van der Waals surface area contributed by atoms with E-state index in [9.17, 15) is 34.0 Å². The van der Waals surface area contributed by atoms with Crippen LogP contribution in [0.25, 0.3) is 16.9 Å². The van der Waals surface area contributed by atoms with Crippen LogP contribution < -0.4 is 26.0 Å². The third-order valence-electron chi connectivity index (χ3n) is 10.1. The Kier molecular flexibility index (Phi) is 12.1. The number of imide groups is 2. The molecule has 20 heteroatoms. The van der Waals surface area contributed by atoms with Crippen LogP contribution in [0.15, 0.2) is 48.9 Å². The van der Waals surface area contributed by atoms with Crippen molar-refractivity contribution in [1.82, 2.24) is 40.6 Å². The minimum absolute atomic E-state index is 0.00495. The van der Waals surface area contributed by atoms with Crippen LogP contribution in [-0.4, -0.2) is 123 Å². The Hall–Kier alpha value is -6.85. The van der Waals surface area contributed by atoms with Crippen molar-refractivity contribution in [2.45, 2.75) is 63.4 Å². The fourth-order valence-electron chi connectivity index (χ4n) is 6.60. The molecule has 0 radical (unpaired) electrons. The van der Waals surface area contributed by atoms with Gasteiger partial charge in [-0.1, -0.05) is 6.07 Å². The lowest BCUT2D eigenvalue weighted by atomic mass is 10.0. The quantitative estimate of drug-likeness (QED) is 0.0825. The first kappa shape index (κ1) is 41.3. The number of amides is 6. The van der Waals surface area contributed by atoms with Crippen LogP contribution in [0.5, 0.6) is 5.75 Å². The van der Waals surface area contributed by atoms with Crippen molar-refractivity contribution in [2.24, 2.45) is 0 Å². The number of nitrogens with one attached hydrogen (secondary N) is 4. The Morgan fingerprint density at radius 3 is 2.62 bits per heavy atom. The molecule has 60 heavy (non-hydrogen) atoms. The second-order valence-electron chi connectivity index (χ2n) is 14.8. The van der Waals surface area contributed by atoms with Gasteiger partial charge in [0.25, 0.3) is 23.6 Å². The summed E-state index contributed by atoms with van der Waals surface area (Å²) in [5.74, 6) is -3.32. The average molecular weight is 825 g/mol. The summed E-state index contributed by atoms with van der Waals surface area (Å²) >= 11 is 0. The topological polar surface area (TPSA) is 249 Å². The van der Waals surface area contributed by atoms with Gasteiger partial charge < -0.3 is 30.2 Å². The molecule has 3 aliphatic rings. The number of aromatic nitrogens is 4. The molecular formula is C40H41FN10O9. The van der Waals surface area contributed by atoms with Crippen molar-refractivity contribution in [3.8, 4) is 17.6 Å². The van der Waals surface area contributed by atoms with Gasteiger partial charge in [0.2, 0.25) is 11.8 Å². The largest absolute Gasteiger partial charge is 0.483 e. The molecule has 6 amide bonds. The number of hydrogen-bond donors (Lipinski definition) is 4. The van der Waals surface area contributed by atoms with Crippen molar-refractivity contribution >= 4 is 52.2 Å². The van der Waals surface area contributed by atoms with Gasteiger partial charge in [0.05, 0.1) is 66.1 Å². The zero-order chi connectivity index (χ0) is 42.6. The molecular weight excluding hydrogens is 783 g/mol. The van der Waals surface area contributed by atoms with Crippen LogP contribution in [0.1, 0.15) is 76.2 Å². The summed E-state index contributed by atoms with van der Waals surface area (Å²) in [5, 5.41) is 24.9. The smallest absolute Gasteiger partial charge is 0.266 e. The first-order valence-electron chi connectivity index (χ1n) is 19.2. The van der Waals surface area contributed by atoms with Gasteiger partial charge in [-0.3, -0.25) is 39.0 Å². The van der Waals surface area contributed by atoms with Crippen molar-refractivity contribution in [3.63, 3.8) is 0 Å². The number of carbonyl (C=O) groups is 6. The number of halogens is 1. The highest BCUT2D eigenvalue weighted by Gasteiger charge is 2.46. The summed E-state index contributed by atoms with van der Waals surface area (Å²) in [4.78, 5) is 85.5. The molecule has 2 fully saturated rings. The Balaban J connectivity index is 0.819. The fraction of sp³-hybridized carbons (Fsp3) is 0.400. The predicted octanol–water partition coefficient (Wildman–Crippen LogP) is 1.74. The Bertz CT molecular complexity index is 2410. The first-order valence-corrected chi connectivity index (χ1v) is 19.2. The number of benzene rings is 1. The number of rotatable bonds is 18. The lowest BCUT2D eigenvalue weighted by Gasteiger charge is -2.29. The van der Waals surface area contributed by atoms with Crippen molar-refractivity contribution in [1.29, 1.82) is 5.26 Å². The van der Waals surface area contributed by atoms with Crippen LogP contribution in [0, 0.1) is 11.3 Å². The number of carbonyl (C=O) groups excluding carboxylic acids is 6. The third kappa shape index (κ3) is 9.06. The van der Waals surface area contributed by atoms with Gasteiger partial charge in [-0.15, -0.1) is 0 Å². The number of hydrogen-bond acceptors (Lipinski definition) is 14. The number of piperidine rings is 1. The van der Waals surface area contributed by atoms with Gasteiger partial charge in [-0.2, -0.15) is 15.0 Å². The lowest BCUT2D eigenvalue weighted by molar-refractivity contribution is -0.136. The van der Waals surface area contributed by atoms with Crippen LogP contribution >= 0.6 is 0 Å². The molecule has 312 valence electrons. The number of fused-ring (bicyclic) bond motifs is 2. The monoisotopic (exact) mass is 824 g/mol. The third-order valence-corrected chi connectivity index (χ3v) is 10.1. The molecule has 5 heterocycles. The SMILES string of the molecule is CC(C)(OCCOCCNC(=O)COc1cccc2c1C(=O)N(C1CCC(=O)NC1=O)C2=O)C(F)CNC(=O)c1cnc(-n2ncc3cc(C#N)cnc32)cc1NC1CC1. The van der Waals surface area contributed by atoms with Crippen LogP contribution in [0.4, 0.5) is 10.1 Å². The Morgan fingerprint density at radius 1 is 1.03 bits per heavy atom. The van der Waals surface area contributed by atoms with Gasteiger partial charge in [-0.25, -0.2) is 14.4 Å². The molecule has 2 aliphatic heterocycles. The van der Waals surface area contributed by atoms with E-state index >= 15 is 4.39 Å². The van der Waals surface area contributed by atoms with Gasteiger partial charge in [0, 0.05) is 42.9 Å². The van der Waals surface area contributed by atoms with Crippen molar-refractivity contribution in [2.75, 3.05) is 44.8 Å². The Labute approximate surface area is 341 Å². The van der Waals surface area contributed by atoms with Gasteiger partial charge in [0.15, 0.2) is 18.1 Å². The molecule has 3 aromatic heterocycles. The molecule has 1 aromatic carbocycles. The minimum atomic E-state index is -1.59. The first-order chi connectivity index (χ1) is 28.8. The lowest BCUT2D eigenvalue weighted by Crippen LogP contribution is -2.54. The molecule has 2 atom stereocenters. The summed E-state index contributed by atoms with van der Waals surface area (Å²) in [6.45, 7) is 2.60. The number of nitriles is 1. The molecule has 1 aliphatic carbocycles. The molecule has 4 N–H and O–H groups in total. The van der Waals surface area contributed by atoms with Crippen molar-refractivity contribution in [3.05, 3.63) is 71.2 Å². The molecule has 2 unspecified atom stereocenters. The second-order valence-corrected chi connectivity index (χ2v) is 14.8. The maximum absolute atomic E-state index is 15.4. The number of ether oxygens (including phenoxy) is 3. The highest BCUT2D eigenvalue weighted by Crippen LogP contribution is 2.34. The molecule has 0 spiro atoms. The van der Waals surface area contributed by atoms with E-state index in [1.54, 1.807) is 32.2 Å². The second kappa shape index (κ2) is 17.6. The summed E-state index contributed by atoms with van der Waals surface area (Å²) < 4.78 is 33.8. The van der Waals surface area contributed by atoms with E-state index in [2.05, 4.69) is 36.3 Å². The zero-order valence-corrected chi connectivity index (χ0v) is 32.7. The van der Waals surface area contributed by atoms with E-state index < -0.39 is 59.9 Å². The summed E-state index contributed by atoms with van der Waals surface area (Å²) in [5.41, 5.74) is 0.299. The van der Waals surface area contributed by atoms with E-state index in [0.717, 1.165) is 17.7 Å². The van der Waals surface area contributed by atoms with E-state index in [1.807, 2.05) is 6.07 Å². The average Bonchev–Trinajstić information content (AvgIpc) is 3.89. The Morgan fingerprint density at radius 2 is 1.85 bits per heavy atom. The van der Waals surface area contributed by atoms with Gasteiger partial charge in [0.1, 0.15) is 24.0 Å². The summed E-state index contributed by atoms with van der Waals surface area (Å²) in [7, 11) is 0. The normalized spacial score (nSPS) is 16.9. The zero-order valence-electron chi connectivity index (χ0n) is 32.7. The molecule has 1 saturated heterocycles. The summed E-state index contributed by atoms with van der Waals surface area (Å²) in [6.07, 6.45) is 4.70. The van der Waals surface area contributed by atoms with Crippen LogP contribution in [-0.2, 0) is 23.9 Å². The highest BCUT2D eigenvalue weighted by molar-refractivity contribution is 6.24. The molecule has 4 aromatic rings. The van der Waals surface area contributed by atoms with E-state index in [4.69, 9.17) is 14.2 Å². The van der Waals surface area contributed by atoms with E-state index in [-0.39, 0.29) is 74.2 Å². The number of alkyl halides is 1. The van der Waals surface area contributed by atoms with Gasteiger partial charge in [-0.05, 0) is 51.3 Å². The highest BCUT2D eigenvalue weighted by atomic mass is 19.1. The van der Waals surface area contributed by atoms with Crippen LogP contribution in [0.3, 0.4) is 0 Å². The van der Waals surface area contributed by atoms with E-state index in [1.165, 1.54) is 35.3 Å². The van der Waals surface area contributed by atoms with Gasteiger partial charge >= 0.3 is 0 Å². The maximum Gasteiger partial charge on any atom is 0.266 e. The molecule has 7 rings (SSSR count). The fourth-order valence-corrected chi connectivity index (χ4v) is 6.60. The number of anilines is 1. The van der Waals surface area contributed by atoms with Crippen LogP contribution in [0.2, 0.25) is 0 Å². The number of pyridine rings is 2. The molecule has 19 nitrogen and oxygen atoms in total.